The Hall–Kier alpha value is 0.0900. The minimum absolute atomic E-state index is 0.0825. The Kier molecular flexibility index (Phi) is 4.76. The van der Waals surface area contributed by atoms with Gasteiger partial charge in [-0.05, 0) is 24.6 Å². The molecule has 1 aromatic carbocycles. The molecule has 3 nitrogen and oxygen atoms in total. The van der Waals surface area contributed by atoms with Crippen molar-refractivity contribution in [2.45, 2.75) is 13.0 Å². The monoisotopic (exact) mass is 355 g/mol. The lowest BCUT2D eigenvalue weighted by molar-refractivity contribution is 0.572. The van der Waals surface area contributed by atoms with Crippen LogP contribution in [0.25, 0.3) is 0 Å². The highest BCUT2D eigenvalue weighted by atomic mass is 79.9. The van der Waals surface area contributed by atoms with E-state index in [2.05, 4.69) is 36.6 Å². The Morgan fingerprint density at radius 2 is 1.87 bits per heavy atom. The lowest BCUT2D eigenvalue weighted by Gasteiger charge is -2.13. The van der Waals surface area contributed by atoms with Crippen LogP contribution >= 0.6 is 31.9 Å². The van der Waals surface area contributed by atoms with Gasteiger partial charge in [-0.3, -0.25) is 0 Å². The molecule has 6 heteroatoms. The predicted octanol–water partition coefficient (Wildman–Crippen LogP) is 2.78. The minimum Gasteiger partial charge on any atom is -0.212 e. The van der Waals surface area contributed by atoms with Gasteiger partial charge >= 0.3 is 0 Å². The molecule has 1 aromatic rings. The molecule has 0 bridgehead atoms. The maximum atomic E-state index is 11.3. The van der Waals surface area contributed by atoms with E-state index in [1.807, 2.05) is 31.2 Å². The predicted molar refractivity (Wildman–Crippen MR) is 68.4 cm³/mol. The molecule has 0 aliphatic heterocycles. The molecule has 0 aromatic heterocycles. The molecule has 0 heterocycles. The van der Waals surface area contributed by atoms with Gasteiger partial charge in [-0.1, -0.05) is 44.0 Å². The average Bonchev–Trinajstić information content (AvgIpc) is 2.18. The number of alkyl halides is 1. The molecule has 0 saturated carbocycles. The Balaban J connectivity index is 2.78. The van der Waals surface area contributed by atoms with Crippen molar-refractivity contribution in [3.63, 3.8) is 0 Å². The van der Waals surface area contributed by atoms with Crippen molar-refractivity contribution >= 4 is 41.9 Å². The van der Waals surface area contributed by atoms with Crippen molar-refractivity contribution in [1.82, 2.24) is 4.72 Å². The third-order valence-corrected chi connectivity index (χ3v) is 5.21. The van der Waals surface area contributed by atoms with E-state index >= 15 is 0 Å². The van der Waals surface area contributed by atoms with Gasteiger partial charge in [-0.2, -0.15) is 0 Å². The van der Waals surface area contributed by atoms with Crippen LogP contribution in [0, 0.1) is 0 Å². The number of halogens is 2. The third kappa shape index (κ3) is 4.22. The van der Waals surface area contributed by atoms with Crippen LogP contribution in [0.2, 0.25) is 0 Å². The van der Waals surface area contributed by atoms with Gasteiger partial charge in [-0.25, -0.2) is 13.1 Å². The van der Waals surface area contributed by atoms with Gasteiger partial charge in [0.25, 0.3) is 0 Å². The highest BCUT2D eigenvalue weighted by molar-refractivity contribution is 9.10. The minimum atomic E-state index is -3.22. The van der Waals surface area contributed by atoms with E-state index in [0.29, 0.717) is 0 Å². The van der Waals surface area contributed by atoms with Crippen LogP contribution < -0.4 is 4.72 Å². The Bertz CT molecular complexity index is 416. The van der Waals surface area contributed by atoms with E-state index in [1.54, 1.807) is 0 Å². The zero-order valence-corrected chi connectivity index (χ0v) is 12.1. The standard InChI is InChI=1S/C9H11Br2NO2S/c1-7(12-15(13,14)6-10)8-2-4-9(11)5-3-8/h2-5,7,12H,6H2,1H3. The summed E-state index contributed by atoms with van der Waals surface area (Å²) in [4.78, 5) is 0. The number of nitrogens with one attached hydrogen (secondary N) is 1. The van der Waals surface area contributed by atoms with Crippen LogP contribution in [-0.4, -0.2) is 13.1 Å². The molecule has 0 aliphatic carbocycles. The average molecular weight is 357 g/mol. The van der Waals surface area contributed by atoms with Gasteiger partial charge in [0.05, 0.1) is 0 Å². The van der Waals surface area contributed by atoms with Gasteiger partial charge in [0, 0.05) is 10.5 Å². The van der Waals surface area contributed by atoms with E-state index in [1.165, 1.54) is 0 Å². The second kappa shape index (κ2) is 5.43. The summed E-state index contributed by atoms with van der Waals surface area (Å²) in [6.45, 7) is 1.81. The first-order chi connectivity index (χ1) is 6.94. The van der Waals surface area contributed by atoms with Crippen LogP contribution in [0.15, 0.2) is 28.7 Å². The first-order valence-electron chi connectivity index (χ1n) is 4.26. The second-order valence-corrected chi connectivity index (χ2v) is 7.09. The summed E-state index contributed by atoms with van der Waals surface area (Å²) >= 11 is 6.25. The van der Waals surface area contributed by atoms with E-state index < -0.39 is 10.0 Å². The Morgan fingerprint density at radius 3 is 2.33 bits per heavy atom. The fraction of sp³-hybridized carbons (Fsp3) is 0.333. The van der Waals surface area contributed by atoms with Gasteiger partial charge in [0.1, 0.15) is 4.66 Å². The van der Waals surface area contributed by atoms with Crippen LogP contribution in [-0.2, 0) is 10.0 Å². The summed E-state index contributed by atoms with van der Waals surface area (Å²) in [5.41, 5.74) is 0.933. The highest BCUT2D eigenvalue weighted by Crippen LogP contribution is 2.17. The van der Waals surface area contributed by atoms with Crippen LogP contribution in [0.1, 0.15) is 18.5 Å². The molecule has 0 radical (unpaired) electrons. The lowest BCUT2D eigenvalue weighted by atomic mass is 10.1. The maximum absolute atomic E-state index is 11.3. The molecule has 0 amide bonds. The maximum Gasteiger partial charge on any atom is 0.222 e. The summed E-state index contributed by atoms with van der Waals surface area (Å²) < 4.78 is 26.0. The second-order valence-electron chi connectivity index (χ2n) is 3.11. The molecule has 0 aliphatic rings. The van der Waals surface area contributed by atoms with Crippen LogP contribution in [0.4, 0.5) is 0 Å². The van der Waals surface area contributed by atoms with Crippen LogP contribution in [0.5, 0.6) is 0 Å². The molecular weight excluding hydrogens is 346 g/mol. The molecule has 1 rings (SSSR count). The normalized spacial score (nSPS) is 13.8. The number of benzene rings is 1. The van der Waals surface area contributed by atoms with Gasteiger partial charge in [0.15, 0.2) is 0 Å². The van der Waals surface area contributed by atoms with Crippen LogP contribution in [0.3, 0.4) is 0 Å². The van der Waals surface area contributed by atoms with E-state index in [-0.39, 0.29) is 10.7 Å². The third-order valence-electron chi connectivity index (χ3n) is 1.87. The zero-order valence-electron chi connectivity index (χ0n) is 8.07. The molecule has 1 unspecified atom stereocenters. The highest BCUT2D eigenvalue weighted by Gasteiger charge is 2.13. The first kappa shape index (κ1) is 13.2. The molecule has 15 heavy (non-hydrogen) atoms. The SMILES string of the molecule is CC(NS(=O)(=O)CBr)c1ccc(Br)cc1. The molecule has 0 spiro atoms. The molecule has 0 saturated heterocycles. The summed E-state index contributed by atoms with van der Waals surface area (Å²) in [6.07, 6.45) is 0. The van der Waals surface area contributed by atoms with Gasteiger partial charge in [-0.15, -0.1) is 0 Å². The summed E-state index contributed by atoms with van der Waals surface area (Å²) in [6, 6.07) is 7.31. The van der Waals surface area contributed by atoms with E-state index in [0.717, 1.165) is 10.0 Å². The summed E-state index contributed by atoms with van der Waals surface area (Å²) in [7, 11) is -3.22. The van der Waals surface area contributed by atoms with E-state index in [9.17, 15) is 8.42 Å². The molecule has 84 valence electrons. The van der Waals surface area contributed by atoms with Gasteiger partial charge in [0.2, 0.25) is 10.0 Å². The Morgan fingerprint density at radius 1 is 1.33 bits per heavy atom. The van der Waals surface area contributed by atoms with E-state index in [4.69, 9.17) is 0 Å². The first-order valence-corrected chi connectivity index (χ1v) is 7.83. The largest absolute Gasteiger partial charge is 0.222 e. The summed E-state index contributed by atoms with van der Waals surface area (Å²) in [5.74, 6) is 0. The van der Waals surface area contributed by atoms with Crippen molar-refractivity contribution < 1.29 is 8.42 Å². The number of hydrogen-bond donors (Lipinski definition) is 1. The molecule has 1 N–H and O–H groups in total. The van der Waals surface area contributed by atoms with Crippen molar-refractivity contribution in [2.75, 3.05) is 4.66 Å². The molecule has 0 fully saturated rings. The van der Waals surface area contributed by atoms with Crippen molar-refractivity contribution in [3.8, 4) is 0 Å². The number of rotatable bonds is 4. The number of sulfonamides is 1. The number of hydrogen-bond acceptors (Lipinski definition) is 2. The van der Waals surface area contributed by atoms with Crippen molar-refractivity contribution in [1.29, 1.82) is 0 Å². The Labute approximate surface area is 107 Å². The fourth-order valence-electron chi connectivity index (χ4n) is 1.12. The lowest BCUT2D eigenvalue weighted by Crippen LogP contribution is -2.27. The smallest absolute Gasteiger partial charge is 0.212 e. The van der Waals surface area contributed by atoms with Gasteiger partial charge < -0.3 is 0 Å². The quantitative estimate of drug-likeness (QED) is 0.843. The molecule has 1 atom stereocenters. The fourth-order valence-corrected chi connectivity index (χ4v) is 2.52. The van der Waals surface area contributed by atoms with Crippen molar-refractivity contribution in [3.05, 3.63) is 34.3 Å². The summed E-state index contributed by atoms with van der Waals surface area (Å²) in [5, 5.41) is 0. The topological polar surface area (TPSA) is 46.2 Å². The zero-order chi connectivity index (χ0) is 11.5. The van der Waals surface area contributed by atoms with Crippen molar-refractivity contribution in [2.24, 2.45) is 0 Å². The molecular formula is C9H11Br2NO2S.